The van der Waals surface area contributed by atoms with Crippen LogP contribution in [0, 0.1) is 29.0 Å². The number of hydrogen-bond donors (Lipinski definition) is 3. The van der Waals surface area contributed by atoms with Crippen molar-refractivity contribution in [1.82, 2.24) is 10.6 Å². The summed E-state index contributed by atoms with van der Waals surface area (Å²) in [4.78, 5) is 37.7. The lowest BCUT2D eigenvalue weighted by molar-refractivity contribution is -0.160. The van der Waals surface area contributed by atoms with Crippen LogP contribution in [-0.2, 0) is 9.59 Å². The Morgan fingerprint density at radius 1 is 1.08 bits per heavy atom. The van der Waals surface area contributed by atoms with Crippen LogP contribution >= 0.6 is 0 Å². The van der Waals surface area contributed by atoms with Crippen molar-refractivity contribution in [3.63, 3.8) is 0 Å². The van der Waals surface area contributed by atoms with Crippen molar-refractivity contribution >= 4 is 17.8 Å². The Bertz CT molecular complexity index is 1120. The molecule has 8 nitrogen and oxygen atoms in total. The largest absolute Gasteiger partial charge is 0.496 e. The van der Waals surface area contributed by atoms with Crippen LogP contribution in [0.2, 0.25) is 0 Å². The molecule has 0 aromatic heterocycles. The Morgan fingerprint density at radius 3 is 2.31 bits per heavy atom. The minimum Gasteiger partial charge on any atom is -0.496 e. The van der Waals surface area contributed by atoms with E-state index in [0.29, 0.717) is 38.5 Å². The fourth-order valence-electron chi connectivity index (χ4n) is 6.21. The molecule has 0 spiro atoms. The van der Waals surface area contributed by atoms with Crippen LogP contribution in [-0.4, -0.2) is 54.4 Å². The van der Waals surface area contributed by atoms with Crippen LogP contribution in [0.25, 0.3) is 0 Å². The van der Waals surface area contributed by atoms with E-state index in [1.54, 1.807) is 6.92 Å². The van der Waals surface area contributed by atoms with Gasteiger partial charge in [0.25, 0.3) is 5.91 Å². The SMILES string of the molecule is COc1cc(F)c(OC2CCC(C)(C(=O)O)CC2)cc1C(=O)N[C@@H]1[C@H]2CC[C@H](C2)[C@@H]1C(=O)N[C@H](C)C(F)(F)F. The molecule has 2 amide bonds. The number of methoxy groups -OCH3 is 1. The van der Waals surface area contributed by atoms with Gasteiger partial charge in [-0.05, 0) is 76.7 Å². The van der Waals surface area contributed by atoms with E-state index in [0.717, 1.165) is 19.4 Å². The Morgan fingerprint density at radius 2 is 1.72 bits per heavy atom. The summed E-state index contributed by atoms with van der Waals surface area (Å²) < 4.78 is 65.0. The number of halogens is 4. The molecule has 5 atom stereocenters. The summed E-state index contributed by atoms with van der Waals surface area (Å²) in [5.41, 5.74) is -0.907. The second-order valence-corrected chi connectivity index (χ2v) is 11.3. The van der Waals surface area contributed by atoms with E-state index in [2.05, 4.69) is 5.32 Å². The molecular formula is C27H34F4N2O6. The highest BCUT2D eigenvalue weighted by atomic mass is 19.4. The monoisotopic (exact) mass is 558 g/mol. The van der Waals surface area contributed by atoms with E-state index < -0.39 is 59.3 Å². The minimum absolute atomic E-state index is 0.0364. The Labute approximate surface area is 223 Å². The lowest BCUT2D eigenvalue weighted by atomic mass is 9.75. The first-order valence-corrected chi connectivity index (χ1v) is 13.2. The molecule has 0 saturated heterocycles. The quantitative estimate of drug-likeness (QED) is 0.406. The van der Waals surface area contributed by atoms with Gasteiger partial charge in [-0.25, -0.2) is 4.39 Å². The molecule has 0 unspecified atom stereocenters. The van der Waals surface area contributed by atoms with E-state index in [1.165, 1.54) is 13.2 Å². The van der Waals surface area contributed by atoms with Gasteiger partial charge in [0, 0.05) is 12.1 Å². The number of carbonyl (C=O) groups excluding carboxylic acids is 2. The van der Waals surface area contributed by atoms with Gasteiger partial charge in [-0.2, -0.15) is 13.2 Å². The maximum absolute atomic E-state index is 14.9. The molecule has 12 heteroatoms. The first kappa shape index (κ1) is 28.9. The highest BCUT2D eigenvalue weighted by Crippen LogP contribution is 2.49. The predicted molar refractivity (Wildman–Crippen MR) is 131 cm³/mol. The highest BCUT2D eigenvalue weighted by Gasteiger charge is 2.52. The van der Waals surface area contributed by atoms with Crippen molar-refractivity contribution in [2.24, 2.45) is 23.2 Å². The van der Waals surface area contributed by atoms with Gasteiger partial charge < -0.3 is 25.2 Å². The number of alkyl halides is 3. The maximum atomic E-state index is 14.9. The standard InChI is InChI=1S/C27H34F4N2O6/c1-13(27(29,30)31)32-24(35)21-14-4-5-15(10-14)22(21)33-23(34)17-11-20(18(28)12-19(17)38-3)39-16-6-8-26(2,9-7-16)25(36)37/h11-16,21-22H,4-10H2,1-3H3,(H,32,35)(H,33,34)(H,36,37)/t13-,14-,15+,16?,21+,22-,26?/m1/s1. The van der Waals surface area contributed by atoms with Gasteiger partial charge in [0.2, 0.25) is 5.91 Å². The molecule has 1 aromatic rings. The molecule has 2 bridgehead atoms. The van der Waals surface area contributed by atoms with Crippen LogP contribution in [0.3, 0.4) is 0 Å². The first-order valence-electron chi connectivity index (χ1n) is 13.2. The molecule has 216 valence electrons. The molecule has 3 aliphatic carbocycles. The highest BCUT2D eigenvalue weighted by molar-refractivity contribution is 5.98. The molecule has 0 radical (unpaired) electrons. The molecule has 3 saturated carbocycles. The van der Waals surface area contributed by atoms with Crippen molar-refractivity contribution in [3.05, 3.63) is 23.5 Å². The summed E-state index contributed by atoms with van der Waals surface area (Å²) in [5.74, 6) is -4.33. The number of carboxylic acids is 1. The number of carboxylic acid groups (broad SMARTS) is 1. The third-order valence-corrected chi connectivity index (χ3v) is 8.71. The molecule has 39 heavy (non-hydrogen) atoms. The third-order valence-electron chi connectivity index (χ3n) is 8.71. The van der Waals surface area contributed by atoms with Crippen molar-refractivity contribution < 1.29 is 46.5 Å². The fraction of sp³-hybridized carbons (Fsp3) is 0.667. The van der Waals surface area contributed by atoms with Gasteiger partial charge in [0.05, 0.1) is 30.1 Å². The molecule has 3 aliphatic rings. The summed E-state index contributed by atoms with van der Waals surface area (Å²) in [7, 11) is 1.27. The van der Waals surface area contributed by atoms with E-state index in [9.17, 15) is 37.1 Å². The zero-order chi connectivity index (χ0) is 28.7. The molecular weight excluding hydrogens is 524 g/mol. The van der Waals surface area contributed by atoms with E-state index in [4.69, 9.17) is 9.47 Å². The predicted octanol–water partition coefficient (Wildman–Crippen LogP) is 4.46. The van der Waals surface area contributed by atoms with E-state index in [-0.39, 0.29) is 28.9 Å². The molecule has 3 N–H and O–H groups in total. The Balaban J connectivity index is 1.50. The number of nitrogens with one attached hydrogen (secondary N) is 2. The number of carbonyl (C=O) groups is 3. The van der Waals surface area contributed by atoms with Crippen molar-refractivity contribution in [1.29, 1.82) is 0 Å². The van der Waals surface area contributed by atoms with Gasteiger partial charge in [0.1, 0.15) is 11.8 Å². The molecule has 3 fully saturated rings. The van der Waals surface area contributed by atoms with Gasteiger partial charge in [-0.15, -0.1) is 0 Å². The zero-order valence-corrected chi connectivity index (χ0v) is 22.1. The summed E-state index contributed by atoms with van der Waals surface area (Å²) in [5, 5.41) is 14.3. The molecule has 1 aromatic carbocycles. The van der Waals surface area contributed by atoms with Crippen molar-refractivity contribution in [3.8, 4) is 11.5 Å². The van der Waals surface area contributed by atoms with Crippen LogP contribution in [0.4, 0.5) is 17.6 Å². The zero-order valence-electron chi connectivity index (χ0n) is 22.1. The number of rotatable bonds is 8. The number of benzene rings is 1. The average molecular weight is 559 g/mol. The second kappa shape index (κ2) is 10.8. The normalized spacial score (nSPS) is 30.9. The summed E-state index contributed by atoms with van der Waals surface area (Å²) >= 11 is 0. The van der Waals surface area contributed by atoms with E-state index >= 15 is 0 Å². The van der Waals surface area contributed by atoms with Gasteiger partial charge in [-0.1, -0.05) is 0 Å². The number of amides is 2. The molecule has 4 rings (SSSR count). The van der Waals surface area contributed by atoms with Gasteiger partial charge in [0.15, 0.2) is 11.6 Å². The molecule has 0 heterocycles. The Kier molecular flexibility index (Phi) is 8.05. The number of fused-ring (bicyclic) bond motifs is 2. The summed E-state index contributed by atoms with van der Waals surface area (Å²) in [6.07, 6.45) is -1.47. The van der Waals surface area contributed by atoms with Crippen LogP contribution in [0.1, 0.15) is 69.2 Å². The Hall–Kier alpha value is -3.05. The van der Waals surface area contributed by atoms with Gasteiger partial charge in [-0.3, -0.25) is 14.4 Å². The maximum Gasteiger partial charge on any atom is 0.408 e. The minimum atomic E-state index is -4.59. The number of aliphatic carboxylic acids is 1. The summed E-state index contributed by atoms with van der Waals surface area (Å²) in [6.45, 7) is 2.53. The third kappa shape index (κ3) is 5.94. The fourth-order valence-corrected chi connectivity index (χ4v) is 6.21. The average Bonchev–Trinajstić information content (AvgIpc) is 3.47. The number of ether oxygens (including phenoxy) is 2. The topological polar surface area (TPSA) is 114 Å². The van der Waals surface area contributed by atoms with Gasteiger partial charge >= 0.3 is 12.1 Å². The smallest absolute Gasteiger partial charge is 0.408 e. The van der Waals surface area contributed by atoms with Crippen LogP contribution in [0.15, 0.2) is 12.1 Å². The first-order chi connectivity index (χ1) is 18.2. The van der Waals surface area contributed by atoms with Crippen molar-refractivity contribution in [2.75, 3.05) is 7.11 Å². The van der Waals surface area contributed by atoms with Crippen LogP contribution in [0.5, 0.6) is 11.5 Å². The second-order valence-electron chi connectivity index (χ2n) is 11.3. The van der Waals surface area contributed by atoms with E-state index in [1.807, 2.05) is 5.32 Å². The lowest BCUT2D eigenvalue weighted by Crippen LogP contribution is -2.53. The summed E-state index contributed by atoms with van der Waals surface area (Å²) in [6, 6.07) is -0.471. The van der Waals surface area contributed by atoms with Crippen molar-refractivity contribution in [2.45, 2.75) is 83.2 Å². The molecule has 0 aliphatic heterocycles. The lowest BCUT2D eigenvalue weighted by Gasteiger charge is -2.34. The number of hydrogen-bond acceptors (Lipinski definition) is 5. The van der Waals surface area contributed by atoms with Crippen LogP contribution < -0.4 is 20.1 Å².